The standard InChI is InChI=1S/C18H15N5O3.CH3I/c24-16-14-8-9-15(20(16)13-7-4-10-19-11-13)23-18(26)21(17(25)22(14)23)12-5-2-1-3-6-12;1-2/h1-7,10-11,14-15H,8-9H2;1H3. The number of halogens is 1. The number of carbonyl (C=O) groups is 1. The minimum atomic E-state index is -0.676. The van der Waals surface area contributed by atoms with E-state index >= 15 is 0 Å². The Hall–Kier alpha value is -2.69. The summed E-state index contributed by atoms with van der Waals surface area (Å²) >= 11 is 2.15. The van der Waals surface area contributed by atoms with Crippen LogP contribution in [0.15, 0.2) is 64.4 Å². The SMILES string of the molecule is CI.O=C1C2CCC(N1c1cccnc1)n1c(=O)n(-c3ccccc3)c(=O)n12. The summed E-state index contributed by atoms with van der Waals surface area (Å²) in [5.74, 6) is -0.179. The number of carbonyl (C=O) groups excluding carboxylic acids is 1. The molecule has 1 saturated heterocycles. The fourth-order valence-electron chi connectivity index (χ4n) is 3.94. The molecule has 6 rings (SSSR count). The number of rotatable bonds is 2. The summed E-state index contributed by atoms with van der Waals surface area (Å²) in [7, 11) is 0. The lowest BCUT2D eigenvalue weighted by Crippen LogP contribution is -2.57. The molecule has 0 N–H and O–H groups in total. The van der Waals surface area contributed by atoms with Gasteiger partial charge in [-0.2, -0.15) is 0 Å². The van der Waals surface area contributed by atoms with Crippen LogP contribution >= 0.6 is 22.6 Å². The molecule has 0 spiro atoms. The van der Waals surface area contributed by atoms with Crippen LogP contribution in [0.2, 0.25) is 0 Å². The van der Waals surface area contributed by atoms with Gasteiger partial charge in [0.25, 0.3) is 5.91 Å². The van der Waals surface area contributed by atoms with Gasteiger partial charge in [0, 0.05) is 6.20 Å². The lowest BCUT2D eigenvalue weighted by molar-refractivity contribution is -0.128. The Bertz CT molecular complexity index is 1120. The fraction of sp³-hybridized carbons (Fsp3) is 0.263. The van der Waals surface area contributed by atoms with E-state index in [0.717, 1.165) is 4.57 Å². The van der Waals surface area contributed by atoms with E-state index in [1.54, 1.807) is 53.7 Å². The Labute approximate surface area is 174 Å². The lowest BCUT2D eigenvalue weighted by Gasteiger charge is -2.45. The van der Waals surface area contributed by atoms with Gasteiger partial charge in [-0.1, -0.05) is 40.8 Å². The number of hydrogen-bond acceptors (Lipinski definition) is 4. The molecule has 3 aliphatic heterocycles. The minimum absolute atomic E-state index is 0.179. The summed E-state index contributed by atoms with van der Waals surface area (Å²) in [6.45, 7) is 0. The second-order valence-corrected chi connectivity index (χ2v) is 6.42. The third-order valence-corrected chi connectivity index (χ3v) is 5.04. The van der Waals surface area contributed by atoms with E-state index < -0.39 is 23.6 Å². The molecule has 9 heteroatoms. The molecule has 2 unspecified atom stereocenters. The first kappa shape index (κ1) is 18.7. The number of alkyl halides is 1. The van der Waals surface area contributed by atoms with Gasteiger partial charge in [-0.15, -0.1) is 0 Å². The number of nitrogens with zero attached hydrogens (tertiary/aromatic N) is 5. The van der Waals surface area contributed by atoms with E-state index in [-0.39, 0.29) is 5.91 Å². The average molecular weight is 491 g/mol. The summed E-state index contributed by atoms with van der Waals surface area (Å²) in [4.78, 5) is 46.6. The van der Waals surface area contributed by atoms with Gasteiger partial charge >= 0.3 is 11.4 Å². The van der Waals surface area contributed by atoms with Crippen LogP contribution in [0.5, 0.6) is 0 Å². The maximum Gasteiger partial charge on any atom is 0.353 e. The smallest absolute Gasteiger partial charge is 0.286 e. The molecular weight excluding hydrogens is 473 g/mol. The van der Waals surface area contributed by atoms with Crippen molar-refractivity contribution in [3.63, 3.8) is 0 Å². The van der Waals surface area contributed by atoms with Crippen LogP contribution in [0, 0.1) is 0 Å². The molecule has 2 bridgehead atoms. The van der Waals surface area contributed by atoms with E-state index in [0.29, 0.717) is 24.2 Å². The number of pyridine rings is 1. The van der Waals surface area contributed by atoms with E-state index in [1.165, 1.54) is 9.36 Å². The van der Waals surface area contributed by atoms with Gasteiger partial charge in [-0.3, -0.25) is 14.7 Å². The highest BCUT2D eigenvalue weighted by Crippen LogP contribution is 2.39. The maximum atomic E-state index is 13.1. The molecule has 1 amide bonds. The molecular formula is C19H18IN5O3. The zero-order chi connectivity index (χ0) is 19.8. The molecule has 0 saturated carbocycles. The largest absolute Gasteiger partial charge is 0.353 e. The average Bonchev–Trinajstić information content (AvgIpc) is 3.03. The predicted octanol–water partition coefficient (Wildman–Crippen LogP) is 2.13. The topological polar surface area (TPSA) is 82.1 Å². The van der Waals surface area contributed by atoms with Gasteiger partial charge in [0.1, 0.15) is 12.2 Å². The van der Waals surface area contributed by atoms with Gasteiger partial charge < -0.3 is 0 Å². The molecule has 3 aliphatic rings. The highest BCUT2D eigenvalue weighted by molar-refractivity contribution is 14.1. The van der Waals surface area contributed by atoms with Crippen LogP contribution in [0.3, 0.4) is 0 Å². The van der Waals surface area contributed by atoms with Crippen LogP contribution < -0.4 is 16.3 Å². The molecule has 3 aromatic rings. The normalized spacial score (nSPS) is 19.8. The van der Waals surface area contributed by atoms with Crippen molar-refractivity contribution in [3.05, 3.63) is 75.8 Å². The molecule has 1 aromatic carbocycles. The number of piperidine rings is 1. The second kappa shape index (κ2) is 7.38. The van der Waals surface area contributed by atoms with Crippen molar-refractivity contribution < 1.29 is 4.79 Å². The van der Waals surface area contributed by atoms with Crippen molar-refractivity contribution in [2.45, 2.75) is 25.0 Å². The van der Waals surface area contributed by atoms with Gasteiger partial charge in [0.15, 0.2) is 0 Å². The van der Waals surface area contributed by atoms with E-state index in [2.05, 4.69) is 27.6 Å². The number of anilines is 1. The second-order valence-electron chi connectivity index (χ2n) is 6.42. The van der Waals surface area contributed by atoms with E-state index in [4.69, 9.17) is 0 Å². The maximum absolute atomic E-state index is 13.1. The highest BCUT2D eigenvalue weighted by Gasteiger charge is 2.47. The van der Waals surface area contributed by atoms with Crippen molar-refractivity contribution in [2.75, 3.05) is 9.83 Å². The number of fused-ring (bicyclic) bond motifs is 2. The van der Waals surface area contributed by atoms with Crippen molar-refractivity contribution in [2.24, 2.45) is 0 Å². The minimum Gasteiger partial charge on any atom is -0.286 e. The summed E-state index contributed by atoms with van der Waals surface area (Å²) < 4.78 is 3.86. The third kappa shape index (κ3) is 2.64. The summed E-state index contributed by atoms with van der Waals surface area (Å²) in [6, 6.07) is 11.6. The molecule has 8 nitrogen and oxygen atoms in total. The zero-order valence-electron chi connectivity index (χ0n) is 15.1. The number of amides is 1. The van der Waals surface area contributed by atoms with Crippen molar-refractivity contribution in [1.82, 2.24) is 18.9 Å². The first-order valence-corrected chi connectivity index (χ1v) is 11.0. The molecule has 2 aromatic heterocycles. The number of hydrogen-bond donors (Lipinski definition) is 0. The molecule has 28 heavy (non-hydrogen) atoms. The molecule has 5 heterocycles. The first-order chi connectivity index (χ1) is 13.7. The number of para-hydroxylation sites is 1. The van der Waals surface area contributed by atoms with Gasteiger partial charge in [-0.25, -0.2) is 23.5 Å². The molecule has 1 fully saturated rings. The van der Waals surface area contributed by atoms with Crippen LogP contribution in [0.25, 0.3) is 5.69 Å². The Morgan fingerprint density at radius 2 is 1.57 bits per heavy atom. The van der Waals surface area contributed by atoms with Gasteiger partial charge in [-0.05, 0) is 42.0 Å². The van der Waals surface area contributed by atoms with Crippen molar-refractivity contribution in [3.8, 4) is 5.69 Å². The number of benzene rings is 1. The monoisotopic (exact) mass is 491 g/mol. The van der Waals surface area contributed by atoms with Crippen molar-refractivity contribution in [1.29, 1.82) is 0 Å². The zero-order valence-corrected chi connectivity index (χ0v) is 17.3. The Balaban J connectivity index is 0.000000932. The molecule has 144 valence electrons. The van der Waals surface area contributed by atoms with Gasteiger partial charge in [0.05, 0.1) is 17.6 Å². The first-order valence-electron chi connectivity index (χ1n) is 8.81. The third-order valence-electron chi connectivity index (χ3n) is 5.04. The Kier molecular flexibility index (Phi) is 4.92. The van der Waals surface area contributed by atoms with Crippen LogP contribution in [0.1, 0.15) is 25.0 Å². The Morgan fingerprint density at radius 1 is 0.893 bits per heavy atom. The molecule has 2 atom stereocenters. The van der Waals surface area contributed by atoms with Gasteiger partial charge in [0.2, 0.25) is 0 Å². The van der Waals surface area contributed by atoms with Crippen molar-refractivity contribution >= 4 is 34.2 Å². The van der Waals surface area contributed by atoms with E-state index in [9.17, 15) is 14.4 Å². The summed E-state index contributed by atoms with van der Waals surface area (Å²) in [5, 5.41) is 0. The lowest BCUT2D eigenvalue weighted by atomic mass is 9.99. The van der Waals surface area contributed by atoms with Crippen LogP contribution in [0.4, 0.5) is 5.69 Å². The van der Waals surface area contributed by atoms with Crippen LogP contribution in [-0.2, 0) is 4.79 Å². The quantitative estimate of drug-likeness (QED) is 0.407. The summed E-state index contributed by atoms with van der Waals surface area (Å²) in [6.07, 6.45) is 3.86. The number of aromatic nitrogens is 4. The summed E-state index contributed by atoms with van der Waals surface area (Å²) in [5.41, 5.74) is 0.217. The molecule has 0 radical (unpaired) electrons. The highest BCUT2D eigenvalue weighted by atomic mass is 127. The predicted molar refractivity (Wildman–Crippen MR) is 113 cm³/mol. The van der Waals surface area contributed by atoms with Crippen LogP contribution in [-0.4, -0.2) is 29.8 Å². The fourth-order valence-corrected chi connectivity index (χ4v) is 3.94. The Morgan fingerprint density at radius 3 is 2.25 bits per heavy atom. The molecule has 0 aliphatic carbocycles. The van der Waals surface area contributed by atoms with E-state index in [1.807, 2.05) is 11.0 Å².